The van der Waals surface area contributed by atoms with Crippen LogP contribution in [0.25, 0.3) is 44.7 Å². The number of H-pyrrole nitrogens is 2. The van der Waals surface area contributed by atoms with Crippen LogP contribution in [0, 0.1) is 12.8 Å². The molecule has 4 aliphatic heterocycles. The Bertz CT molecular complexity index is 3180. The van der Waals surface area contributed by atoms with Gasteiger partial charge in [0, 0.05) is 53.9 Å². The van der Waals surface area contributed by atoms with Crippen LogP contribution in [0.3, 0.4) is 0 Å². The average molecular weight is 1030 g/mol. The van der Waals surface area contributed by atoms with E-state index in [0.29, 0.717) is 50.1 Å². The number of carbonyl (C=O) groups is 4. The Morgan fingerprint density at radius 3 is 2.16 bits per heavy atom. The number of aromatic amines is 2. The number of thiazole rings is 1. The Morgan fingerprint density at radius 1 is 0.824 bits per heavy atom. The number of aromatic nitrogens is 6. The van der Waals surface area contributed by atoms with Crippen LogP contribution in [0.2, 0.25) is 0 Å². The number of allylic oxidation sites excluding steroid dienone is 1. The van der Waals surface area contributed by atoms with E-state index < -0.39 is 36.1 Å². The summed E-state index contributed by atoms with van der Waals surface area (Å²) in [6.45, 7) is 11.5. The molecule has 0 bridgehead atoms. The predicted octanol–water partition coefficient (Wildman–Crippen LogP) is 9.62. The van der Waals surface area contributed by atoms with Crippen LogP contribution in [0.1, 0.15) is 130 Å². The van der Waals surface area contributed by atoms with E-state index in [2.05, 4.69) is 68.5 Å². The first-order valence-electron chi connectivity index (χ1n) is 25.8. The zero-order valence-corrected chi connectivity index (χ0v) is 43.8. The molecule has 388 valence electrons. The maximum atomic E-state index is 14.5. The molecule has 0 spiro atoms. The van der Waals surface area contributed by atoms with Crippen molar-refractivity contribution < 1.29 is 38.1 Å². The third-order valence-electron chi connectivity index (χ3n) is 15.3. The second-order valence-electron chi connectivity index (χ2n) is 21.3. The molecule has 3 saturated heterocycles. The predicted molar refractivity (Wildman–Crippen MR) is 278 cm³/mol. The summed E-state index contributed by atoms with van der Waals surface area (Å²) in [6.07, 6.45) is 12.3. The van der Waals surface area contributed by atoms with E-state index >= 15 is 0 Å². The molecule has 1 aliphatic carbocycles. The Balaban J connectivity index is 0.892. The average Bonchev–Trinajstić information content (AvgIpc) is 4.14. The number of alkyl carbamates (subject to hydrolysis) is 2. The number of nitrogens with zero attached hydrogens (tertiary/aromatic N) is 6. The van der Waals surface area contributed by atoms with E-state index in [-0.39, 0.29) is 29.8 Å². The molecular formula is C55H64N10O8S. The van der Waals surface area contributed by atoms with Crippen LogP contribution >= 0.6 is 11.3 Å². The fraction of sp³-hybridized carbons (Fsp3) is 0.473. The lowest BCUT2D eigenvalue weighted by Crippen LogP contribution is -2.54. The number of likely N-dealkylation sites (tertiary alicyclic amines) is 2. The van der Waals surface area contributed by atoms with Gasteiger partial charge in [0.05, 0.1) is 76.8 Å². The monoisotopic (exact) mass is 1020 g/mol. The fourth-order valence-corrected chi connectivity index (χ4v) is 12.7. The Labute approximate surface area is 433 Å². The lowest BCUT2D eigenvalue weighted by molar-refractivity contribution is -0.139. The van der Waals surface area contributed by atoms with Gasteiger partial charge < -0.3 is 49.3 Å². The third-order valence-corrected chi connectivity index (χ3v) is 16.4. The second-order valence-corrected chi connectivity index (χ2v) is 22.4. The minimum atomic E-state index is -0.865. The van der Waals surface area contributed by atoms with Gasteiger partial charge in [-0.15, -0.1) is 11.3 Å². The summed E-state index contributed by atoms with van der Waals surface area (Å²) >= 11 is 1.71. The number of benzene rings is 2. The number of aryl methyl sites for hydroxylation is 1. The fourth-order valence-electron chi connectivity index (χ4n) is 11.6. The van der Waals surface area contributed by atoms with Crippen molar-refractivity contribution >= 4 is 46.2 Å². The molecule has 18 nitrogen and oxygen atoms in total. The quantitative estimate of drug-likeness (QED) is 0.0848. The molecule has 4 fully saturated rings. The van der Waals surface area contributed by atoms with Crippen LogP contribution in [0.15, 0.2) is 66.6 Å². The van der Waals surface area contributed by atoms with Crippen LogP contribution < -0.4 is 15.4 Å². The van der Waals surface area contributed by atoms with Gasteiger partial charge in [-0.3, -0.25) is 14.2 Å². The number of imidazole rings is 2. The van der Waals surface area contributed by atoms with Gasteiger partial charge in [0.2, 0.25) is 18.0 Å². The number of hydrogen-bond donors (Lipinski definition) is 4. The van der Waals surface area contributed by atoms with Gasteiger partial charge in [0.1, 0.15) is 29.5 Å². The largest absolute Gasteiger partial charge is 0.464 e. The van der Waals surface area contributed by atoms with Crippen molar-refractivity contribution in [2.75, 3.05) is 33.9 Å². The Morgan fingerprint density at radius 2 is 1.50 bits per heavy atom. The van der Waals surface area contributed by atoms with E-state index in [1.165, 1.54) is 14.2 Å². The molecule has 74 heavy (non-hydrogen) atoms. The molecule has 4 aromatic heterocycles. The van der Waals surface area contributed by atoms with E-state index in [4.69, 9.17) is 33.9 Å². The normalized spacial score (nSPS) is 21.8. The zero-order chi connectivity index (χ0) is 51.6. The number of methoxy groups -OCH3 is 2. The van der Waals surface area contributed by atoms with Gasteiger partial charge in [-0.25, -0.2) is 24.5 Å². The summed E-state index contributed by atoms with van der Waals surface area (Å²) in [7, 11) is 2.60. The van der Waals surface area contributed by atoms with E-state index in [9.17, 15) is 19.2 Å². The molecule has 6 aromatic rings. The maximum absolute atomic E-state index is 14.5. The number of carbonyl (C=O) groups excluding carboxylic acids is 4. The van der Waals surface area contributed by atoms with E-state index in [1.54, 1.807) is 22.3 Å². The van der Waals surface area contributed by atoms with Crippen molar-refractivity contribution in [2.24, 2.45) is 5.92 Å². The lowest BCUT2D eigenvalue weighted by atomic mass is 9.82. The van der Waals surface area contributed by atoms with Crippen molar-refractivity contribution in [1.29, 1.82) is 0 Å². The van der Waals surface area contributed by atoms with Gasteiger partial charge in [-0.1, -0.05) is 17.7 Å². The Hall–Kier alpha value is -6.99. The van der Waals surface area contributed by atoms with Crippen molar-refractivity contribution in [2.45, 2.75) is 128 Å². The molecule has 1 saturated carbocycles. The minimum absolute atomic E-state index is 0.109. The number of nitrogens with one attached hydrogen (secondary N) is 4. The van der Waals surface area contributed by atoms with Crippen molar-refractivity contribution in [3.63, 3.8) is 0 Å². The van der Waals surface area contributed by atoms with Gasteiger partial charge in [0.25, 0.3) is 0 Å². The van der Waals surface area contributed by atoms with Crippen LogP contribution in [0.4, 0.5) is 9.59 Å². The number of hydrogen-bond acceptors (Lipinski definition) is 12. The van der Waals surface area contributed by atoms with Crippen LogP contribution in [-0.2, 0) is 23.8 Å². The number of ether oxygens (including phenoxy) is 4. The van der Waals surface area contributed by atoms with Gasteiger partial charge in [-0.2, -0.15) is 0 Å². The molecule has 2 aromatic carbocycles. The highest BCUT2D eigenvalue weighted by Crippen LogP contribution is 2.50. The van der Waals surface area contributed by atoms with Crippen LogP contribution in [-0.4, -0.2) is 115 Å². The molecule has 19 heteroatoms. The Kier molecular flexibility index (Phi) is 13.1. The summed E-state index contributed by atoms with van der Waals surface area (Å²) in [5.41, 5.74) is 8.03. The van der Waals surface area contributed by atoms with E-state index in [1.807, 2.05) is 51.2 Å². The molecule has 11 rings (SSSR count). The van der Waals surface area contributed by atoms with Gasteiger partial charge in [0.15, 0.2) is 0 Å². The molecule has 0 radical (unpaired) electrons. The summed E-state index contributed by atoms with van der Waals surface area (Å²) in [6, 6.07) is 10.7. The number of fused-ring (bicyclic) bond motifs is 5. The molecule has 4 N–H and O–H groups in total. The van der Waals surface area contributed by atoms with Crippen molar-refractivity contribution in [3.8, 4) is 39.5 Å². The van der Waals surface area contributed by atoms with Gasteiger partial charge in [-0.05, 0) is 128 Å². The van der Waals surface area contributed by atoms with Crippen LogP contribution in [0.5, 0.6) is 5.75 Å². The molecule has 4 amide bonds. The lowest BCUT2D eigenvalue weighted by Gasteiger charge is -2.40. The number of amides is 4. The first kappa shape index (κ1) is 49.2. The first-order chi connectivity index (χ1) is 35.7. The SMILES string of the molecule is COC(=O)NC(C=C(C)C)C(=O)N1CCC[C@H]1c1ncc(-c2cc(C)c3c(c2)OC(c2cnc(C4CC4)s2)n2c-3cc3cc(-c4cnc([C@@H]5CCCN5C(=O)C(NC(=O)OC)C5CCOC(C)(C)C5)[nH]4)ccc32)[nH]1. The third kappa shape index (κ3) is 9.44. The summed E-state index contributed by atoms with van der Waals surface area (Å²) < 4.78 is 25.2. The van der Waals surface area contributed by atoms with Crippen molar-refractivity contribution in [3.05, 3.63) is 93.7 Å². The first-order valence-corrected chi connectivity index (χ1v) is 26.6. The molecular weight excluding hydrogens is 961 g/mol. The summed E-state index contributed by atoms with van der Waals surface area (Å²) in [5, 5.41) is 7.74. The van der Waals surface area contributed by atoms with Gasteiger partial charge >= 0.3 is 12.2 Å². The van der Waals surface area contributed by atoms with E-state index in [0.717, 1.165) is 110 Å². The topological polar surface area (TPSA) is 211 Å². The highest BCUT2D eigenvalue weighted by Gasteiger charge is 2.43. The second kappa shape index (κ2) is 19.7. The molecule has 8 heterocycles. The maximum Gasteiger partial charge on any atom is 0.407 e. The molecule has 4 unspecified atom stereocenters. The standard InChI is InChI=1S/C55H64N10O8S/c1-29(2)20-36(61-53(68)70-6)50(66)63-17-8-10-40(63)47-57-27-38(60-47)34-21-30(3)45-42-23-35-22-32(14-15-39(35)65(42)52(73-43(45)24-34)44-28-58-49(74-44)31-12-13-31)37-26-56-48(59-37)41-11-9-18-64(41)51(67)46(62-54(69)71-7)33-16-19-72-55(4,5)25-33/h14-15,20-24,26-28,31,33,36,40-41,46,52H,8-13,16-19,25H2,1-7H3,(H,56,59)(H,57,60)(H,61,68)(H,62,69)/t33?,36?,40-,41-,46?,52?/m0/s1. The summed E-state index contributed by atoms with van der Waals surface area (Å²) in [4.78, 5) is 79.7. The minimum Gasteiger partial charge on any atom is -0.464 e. The molecule has 6 atom stereocenters. The highest BCUT2D eigenvalue weighted by molar-refractivity contribution is 7.11. The highest BCUT2D eigenvalue weighted by atomic mass is 32.1. The summed E-state index contributed by atoms with van der Waals surface area (Å²) in [5.74, 6) is 2.16. The smallest absolute Gasteiger partial charge is 0.407 e. The zero-order valence-electron chi connectivity index (χ0n) is 43.0. The number of rotatable bonds is 12. The van der Waals surface area contributed by atoms with Crippen molar-refractivity contribution in [1.82, 2.24) is 49.9 Å². The molecule has 5 aliphatic rings.